The fourth-order valence-electron chi connectivity index (χ4n) is 1.58. The van der Waals surface area contributed by atoms with E-state index in [0.29, 0.717) is 19.3 Å². The maximum atomic E-state index is 5.38. The van der Waals surface area contributed by atoms with E-state index < -0.39 is 0 Å². The van der Waals surface area contributed by atoms with Gasteiger partial charge < -0.3 is 14.8 Å². The van der Waals surface area contributed by atoms with Crippen LogP contribution in [0.2, 0.25) is 0 Å². The third kappa shape index (κ3) is 6.91. The number of methoxy groups -OCH3 is 1. The zero-order chi connectivity index (χ0) is 12.3. The van der Waals surface area contributed by atoms with Crippen LogP contribution in [0.15, 0.2) is 4.99 Å². The first kappa shape index (κ1) is 14.8. The quantitative estimate of drug-likeness (QED) is 0.677. The van der Waals surface area contributed by atoms with E-state index in [-0.39, 0.29) is 0 Å². The maximum Gasteiger partial charge on any atom is 0.156 e. The molecular weight excluding hydrogens is 236 g/mol. The minimum Gasteiger partial charge on any atom is -0.382 e. The second kappa shape index (κ2) is 9.74. The van der Waals surface area contributed by atoms with Gasteiger partial charge >= 0.3 is 0 Å². The van der Waals surface area contributed by atoms with Crippen LogP contribution >= 0.6 is 11.8 Å². The Kier molecular flexibility index (Phi) is 8.48. The van der Waals surface area contributed by atoms with E-state index in [4.69, 9.17) is 9.47 Å². The minimum absolute atomic E-state index is 0.618. The van der Waals surface area contributed by atoms with E-state index >= 15 is 0 Å². The van der Waals surface area contributed by atoms with Gasteiger partial charge in [-0.2, -0.15) is 0 Å². The summed E-state index contributed by atoms with van der Waals surface area (Å²) in [6.07, 6.45) is 3.41. The van der Waals surface area contributed by atoms with Crippen molar-refractivity contribution < 1.29 is 9.47 Å². The Labute approximate surface area is 109 Å². The lowest BCUT2D eigenvalue weighted by atomic mass is 10.2. The third-order valence-corrected chi connectivity index (χ3v) is 3.62. The molecule has 100 valence electrons. The molecule has 0 bridgehead atoms. The van der Waals surface area contributed by atoms with Gasteiger partial charge in [0, 0.05) is 32.1 Å². The standard InChI is InChI=1S/C12H24N2O2S/c1-3-11-5-10-17-12(14-11)13-6-4-7-16-9-8-15-2/h11H,3-10H2,1-2H3,(H,13,14). The van der Waals surface area contributed by atoms with Crippen molar-refractivity contribution in [2.45, 2.75) is 32.2 Å². The molecular formula is C12H24N2O2S. The van der Waals surface area contributed by atoms with Crippen LogP contribution in [0.4, 0.5) is 0 Å². The van der Waals surface area contributed by atoms with E-state index in [2.05, 4.69) is 17.2 Å². The zero-order valence-electron chi connectivity index (χ0n) is 10.9. The van der Waals surface area contributed by atoms with Gasteiger partial charge in [-0.1, -0.05) is 18.7 Å². The van der Waals surface area contributed by atoms with Gasteiger partial charge in [0.25, 0.3) is 0 Å². The van der Waals surface area contributed by atoms with Crippen molar-refractivity contribution in [1.29, 1.82) is 0 Å². The molecule has 1 N–H and O–H groups in total. The predicted octanol–water partition coefficient (Wildman–Crippen LogP) is 1.90. The van der Waals surface area contributed by atoms with Crippen molar-refractivity contribution in [3.8, 4) is 0 Å². The van der Waals surface area contributed by atoms with Gasteiger partial charge in [0.1, 0.15) is 0 Å². The summed E-state index contributed by atoms with van der Waals surface area (Å²) in [4.78, 5) is 4.56. The molecule has 0 aliphatic carbocycles. The van der Waals surface area contributed by atoms with Crippen LogP contribution < -0.4 is 5.32 Å². The molecule has 1 heterocycles. The Morgan fingerprint density at radius 1 is 1.41 bits per heavy atom. The molecule has 4 nitrogen and oxygen atoms in total. The average molecular weight is 260 g/mol. The van der Waals surface area contributed by atoms with Crippen LogP contribution in [-0.2, 0) is 9.47 Å². The van der Waals surface area contributed by atoms with Crippen molar-refractivity contribution in [3.05, 3.63) is 0 Å². The molecule has 0 saturated carbocycles. The Hall–Kier alpha value is -0.260. The molecule has 17 heavy (non-hydrogen) atoms. The van der Waals surface area contributed by atoms with E-state index in [1.807, 2.05) is 11.8 Å². The van der Waals surface area contributed by atoms with E-state index in [1.165, 1.54) is 18.6 Å². The Morgan fingerprint density at radius 3 is 3.06 bits per heavy atom. The summed E-state index contributed by atoms with van der Waals surface area (Å²) >= 11 is 1.83. The average Bonchev–Trinajstić information content (AvgIpc) is 2.38. The van der Waals surface area contributed by atoms with Gasteiger partial charge in [0.2, 0.25) is 0 Å². The number of amidine groups is 1. The van der Waals surface area contributed by atoms with Crippen LogP contribution in [0.3, 0.4) is 0 Å². The Bertz CT molecular complexity index is 225. The summed E-state index contributed by atoms with van der Waals surface area (Å²) < 4.78 is 10.3. The number of thioether (sulfide) groups is 1. The SMILES string of the molecule is CCC1CCSC(=NCCCOCCOC)N1. The lowest BCUT2D eigenvalue weighted by molar-refractivity contribution is 0.0702. The third-order valence-electron chi connectivity index (χ3n) is 2.66. The summed E-state index contributed by atoms with van der Waals surface area (Å²) in [6.45, 7) is 5.18. The van der Waals surface area contributed by atoms with Crippen molar-refractivity contribution in [2.24, 2.45) is 4.99 Å². The molecule has 5 heteroatoms. The van der Waals surface area contributed by atoms with E-state index in [0.717, 1.165) is 24.7 Å². The van der Waals surface area contributed by atoms with Gasteiger partial charge in [-0.25, -0.2) is 0 Å². The second-order valence-corrected chi connectivity index (χ2v) is 5.12. The Balaban J connectivity index is 2.03. The largest absolute Gasteiger partial charge is 0.382 e. The molecule has 0 aromatic rings. The number of hydrogen-bond donors (Lipinski definition) is 1. The van der Waals surface area contributed by atoms with Crippen LogP contribution in [-0.4, -0.2) is 50.4 Å². The first-order valence-corrected chi connectivity index (χ1v) is 7.35. The lowest BCUT2D eigenvalue weighted by Gasteiger charge is -2.24. The number of aliphatic imine (C=N–C) groups is 1. The molecule has 0 radical (unpaired) electrons. The number of nitrogens with zero attached hydrogens (tertiary/aromatic N) is 1. The van der Waals surface area contributed by atoms with Gasteiger partial charge in [0.05, 0.1) is 13.2 Å². The number of rotatable bonds is 8. The molecule has 0 aromatic carbocycles. The van der Waals surface area contributed by atoms with E-state index in [1.54, 1.807) is 7.11 Å². The van der Waals surface area contributed by atoms with Gasteiger partial charge in [-0.05, 0) is 19.3 Å². The highest BCUT2D eigenvalue weighted by Gasteiger charge is 2.14. The zero-order valence-corrected chi connectivity index (χ0v) is 11.7. The first-order chi connectivity index (χ1) is 8.36. The summed E-state index contributed by atoms with van der Waals surface area (Å²) in [5.41, 5.74) is 0. The normalized spacial score (nSPS) is 22.7. The summed E-state index contributed by atoms with van der Waals surface area (Å²) in [5.74, 6) is 1.19. The summed E-state index contributed by atoms with van der Waals surface area (Å²) in [5, 5.41) is 4.58. The number of hydrogen-bond acceptors (Lipinski definition) is 4. The highest BCUT2D eigenvalue weighted by Crippen LogP contribution is 2.15. The molecule has 0 spiro atoms. The molecule has 1 saturated heterocycles. The van der Waals surface area contributed by atoms with Crippen molar-refractivity contribution in [2.75, 3.05) is 39.2 Å². The lowest BCUT2D eigenvalue weighted by Crippen LogP contribution is -2.37. The van der Waals surface area contributed by atoms with Crippen LogP contribution in [0, 0.1) is 0 Å². The van der Waals surface area contributed by atoms with Crippen LogP contribution in [0.25, 0.3) is 0 Å². The Morgan fingerprint density at radius 2 is 2.29 bits per heavy atom. The first-order valence-electron chi connectivity index (χ1n) is 6.37. The molecule has 1 atom stereocenters. The molecule has 1 aliphatic heterocycles. The molecule has 0 amide bonds. The van der Waals surface area contributed by atoms with Crippen LogP contribution in [0.5, 0.6) is 0 Å². The number of nitrogens with one attached hydrogen (secondary N) is 1. The highest BCUT2D eigenvalue weighted by molar-refractivity contribution is 8.13. The molecule has 1 unspecified atom stereocenters. The molecule has 1 aliphatic rings. The van der Waals surface area contributed by atoms with Crippen molar-refractivity contribution >= 4 is 16.9 Å². The smallest absolute Gasteiger partial charge is 0.156 e. The molecule has 1 fully saturated rings. The maximum absolute atomic E-state index is 5.38. The number of ether oxygens (including phenoxy) is 2. The highest BCUT2D eigenvalue weighted by atomic mass is 32.2. The van der Waals surface area contributed by atoms with Gasteiger partial charge in [-0.15, -0.1) is 0 Å². The molecule has 1 rings (SSSR count). The minimum atomic E-state index is 0.618. The second-order valence-electron chi connectivity index (χ2n) is 4.03. The van der Waals surface area contributed by atoms with Crippen molar-refractivity contribution in [3.63, 3.8) is 0 Å². The summed E-state index contributed by atoms with van der Waals surface area (Å²) in [6, 6.07) is 0.618. The summed E-state index contributed by atoms with van der Waals surface area (Å²) in [7, 11) is 1.69. The fraction of sp³-hybridized carbons (Fsp3) is 0.917. The monoisotopic (exact) mass is 260 g/mol. The molecule has 0 aromatic heterocycles. The fourth-order valence-corrected chi connectivity index (χ4v) is 2.60. The van der Waals surface area contributed by atoms with Gasteiger partial charge in [-0.3, -0.25) is 4.99 Å². The van der Waals surface area contributed by atoms with Gasteiger partial charge in [0.15, 0.2) is 5.17 Å². The topological polar surface area (TPSA) is 42.9 Å². The van der Waals surface area contributed by atoms with E-state index in [9.17, 15) is 0 Å². The van der Waals surface area contributed by atoms with Crippen molar-refractivity contribution in [1.82, 2.24) is 5.32 Å². The predicted molar refractivity (Wildman–Crippen MR) is 73.9 cm³/mol. The van der Waals surface area contributed by atoms with Crippen LogP contribution in [0.1, 0.15) is 26.2 Å².